The molecule has 1 aliphatic carbocycles. The predicted octanol–water partition coefficient (Wildman–Crippen LogP) is 1.34. The number of amides is 1. The molecule has 2 rings (SSSR count). The van der Waals surface area contributed by atoms with E-state index in [0.717, 1.165) is 12.8 Å². The van der Waals surface area contributed by atoms with Gasteiger partial charge < -0.3 is 11.1 Å². The number of carbonyl (C=O) groups excluding carboxylic acids is 1. The first-order valence-corrected chi connectivity index (χ1v) is 5.29. The van der Waals surface area contributed by atoms with Crippen LogP contribution in [0, 0.1) is 0 Å². The van der Waals surface area contributed by atoms with Crippen molar-refractivity contribution in [2.45, 2.75) is 31.7 Å². The molecule has 4 nitrogen and oxygen atoms in total. The zero-order valence-corrected chi connectivity index (χ0v) is 8.57. The highest BCUT2D eigenvalue weighted by Gasteiger charge is 2.19. The van der Waals surface area contributed by atoms with Crippen LogP contribution in [0.1, 0.15) is 36.2 Å². The molecule has 0 aromatic carbocycles. The van der Waals surface area contributed by atoms with Crippen molar-refractivity contribution in [1.82, 2.24) is 10.3 Å². The lowest BCUT2D eigenvalue weighted by Gasteiger charge is -2.11. The minimum absolute atomic E-state index is 0.153. The van der Waals surface area contributed by atoms with Gasteiger partial charge in [0, 0.05) is 12.2 Å². The Bertz CT molecular complexity index is 359. The van der Waals surface area contributed by atoms with E-state index in [9.17, 15) is 4.79 Å². The van der Waals surface area contributed by atoms with E-state index in [1.54, 1.807) is 18.3 Å². The Hall–Kier alpha value is -1.58. The molecule has 1 aromatic rings. The third-order valence-corrected chi connectivity index (χ3v) is 2.74. The molecule has 80 valence electrons. The van der Waals surface area contributed by atoms with E-state index in [4.69, 9.17) is 5.73 Å². The second kappa shape index (κ2) is 4.29. The number of anilines is 1. The van der Waals surface area contributed by atoms with Gasteiger partial charge in [-0.2, -0.15) is 0 Å². The zero-order chi connectivity index (χ0) is 10.7. The summed E-state index contributed by atoms with van der Waals surface area (Å²) in [5.74, 6) is -0.153. The summed E-state index contributed by atoms with van der Waals surface area (Å²) >= 11 is 0. The molecule has 1 heterocycles. The van der Waals surface area contributed by atoms with Crippen molar-refractivity contribution in [3.05, 3.63) is 24.0 Å². The second-order valence-electron chi connectivity index (χ2n) is 3.90. The number of hydrogen-bond acceptors (Lipinski definition) is 3. The molecule has 1 amide bonds. The largest absolute Gasteiger partial charge is 0.397 e. The van der Waals surface area contributed by atoms with Crippen LogP contribution in [0.2, 0.25) is 0 Å². The highest BCUT2D eigenvalue weighted by atomic mass is 16.1. The van der Waals surface area contributed by atoms with Crippen LogP contribution in [0.4, 0.5) is 5.69 Å². The van der Waals surface area contributed by atoms with Gasteiger partial charge >= 0.3 is 0 Å². The minimum atomic E-state index is -0.153. The Morgan fingerprint density at radius 3 is 2.87 bits per heavy atom. The number of nitrogens with two attached hydrogens (primary N) is 1. The maximum Gasteiger partial charge on any atom is 0.272 e. The maximum absolute atomic E-state index is 11.8. The topological polar surface area (TPSA) is 68.0 Å². The Labute approximate surface area is 88.9 Å². The van der Waals surface area contributed by atoms with Gasteiger partial charge in [0.05, 0.1) is 5.69 Å². The van der Waals surface area contributed by atoms with Crippen LogP contribution >= 0.6 is 0 Å². The fourth-order valence-electron chi connectivity index (χ4n) is 1.93. The first-order valence-electron chi connectivity index (χ1n) is 5.29. The lowest BCUT2D eigenvalue weighted by molar-refractivity contribution is 0.0934. The third kappa shape index (κ3) is 2.26. The van der Waals surface area contributed by atoms with E-state index in [1.807, 2.05) is 0 Å². The number of nitrogens with zero attached hydrogens (tertiary/aromatic N) is 1. The second-order valence-corrected chi connectivity index (χ2v) is 3.90. The van der Waals surface area contributed by atoms with Gasteiger partial charge in [0.15, 0.2) is 5.69 Å². The van der Waals surface area contributed by atoms with Crippen molar-refractivity contribution in [3.63, 3.8) is 0 Å². The molecule has 0 atom stereocenters. The third-order valence-electron chi connectivity index (χ3n) is 2.74. The van der Waals surface area contributed by atoms with Gasteiger partial charge in [0.1, 0.15) is 0 Å². The number of aromatic nitrogens is 1. The van der Waals surface area contributed by atoms with Crippen molar-refractivity contribution in [2.75, 3.05) is 5.73 Å². The Morgan fingerprint density at radius 2 is 2.20 bits per heavy atom. The molecular weight excluding hydrogens is 190 g/mol. The lowest BCUT2D eigenvalue weighted by atomic mass is 10.2. The van der Waals surface area contributed by atoms with Crippen molar-refractivity contribution in [3.8, 4) is 0 Å². The van der Waals surface area contributed by atoms with Crippen molar-refractivity contribution < 1.29 is 4.79 Å². The summed E-state index contributed by atoms with van der Waals surface area (Å²) in [6.07, 6.45) is 6.11. The highest BCUT2D eigenvalue weighted by molar-refractivity contribution is 5.97. The number of hydrogen-bond donors (Lipinski definition) is 2. The average Bonchev–Trinajstić information content (AvgIpc) is 2.71. The van der Waals surface area contributed by atoms with Gasteiger partial charge in [-0.3, -0.25) is 4.79 Å². The molecular formula is C11H15N3O. The Morgan fingerprint density at radius 1 is 1.47 bits per heavy atom. The highest BCUT2D eigenvalue weighted by Crippen LogP contribution is 2.18. The fraction of sp³-hybridized carbons (Fsp3) is 0.455. The summed E-state index contributed by atoms with van der Waals surface area (Å²) in [4.78, 5) is 15.8. The van der Waals surface area contributed by atoms with Crippen LogP contribution in [-0.4, -0.2) is 16.9 Å². The number of nitrogens with one attached hydrogen (secondary N) is 1. The van der Waals surface area contributed by atoms with Gasteiger partial charge in [-0.25, -0.2) is 4.98 Å². The van der Waals surface area contributed by atoms with Crippen molar-refractivity contribution in [1.29, 1.82) is 0 Å². The Kier molecular flexibility index (Phi) is 2.85. The molecule has 0 aliphatic heterocycles. The molecule has 0 unspecified atom stereocenters. The molecule has 1 saturated carbocycles. The number of rotatable bonds is 2. The first-order chi connectivity index (χ1) is 7.27. The van der Waals surface area contributed by atoms with E-state index < -0.39 is 0 Å². The smallest absolute Gasteiger partial charge is 0.272 e. The summed E-state index contributed by atoms with van der Waals surface area (Å²) < 4.78 is 0. The molecule has 0 spiro atoms. The maximum atomic E-state index is 11.8. The van der Waals surface area contributed by atoms with Crippen molar-refractivity contribution >= 4 is 11.6 Å². The number of pyridine rings is 1. The van der Waals surface area contributed by atoms with E-state index in [-0.39, 0.29) is 5.91 Å². The molecule has 1 aromatic heterocycles. The SMILES string of the molecule is Nc1cccnc1C(=O)NC1CCCC1. The van der Waals surface area contributed by atoms with Crippen LogP contribution < -0.4 is 11.1 Å². The summed E-state index contributed by atoms with van der Waals surface area (Å²) in [5.41, 5.74) is 6.45. The average molecular weight is 205 g/mol. The van der Waals surface area contributed by atoms with E-state index in [2.05, 4.69) is 10.3 Å². The van der Waals surface area contributed by atoms with E-state index >= 15 is 0 Å². The lowest BCUT2D eigenvalue weighted by Crippen LogP contribution is -2.33. The van der Waals surface area contributed by atoms with E-state index in [1.165, 1.54) is 12.8 Å². The fourth-order valence-corrected chi connectivity index (χ4v) is 1.93. The van der Waals surface area contributed by atoms with Crippen molar-refractivity contribution in [2.24, 2.45) is 0 Å². The predicted molar refractivity (Wildman–Crippen MR) is 58.4 cm³/mol. The molecule has 1 aliphatic rings. The monoisotopic (exact) mass is 205 g/mol. The van der Waals surface area contributed by atoms with Crippen LogP contribution in [-0.2, 0) is 0 Å². The Balaban J connectivity index is 2.04. The summed E-state index contributed by atoms with van der Waals surface area (Å²) in [6, 6.07) is 3.72. The minimum Gasteiger partial charge on any atom is -0.397 e. The van der Waals surface area contributed by atoms with Gasteiger partial charge in [-0.1, -0.05) is 12.8 Å². The van der Waals surface area contributed by atoms with Crippen LogP contribution in [0.25, 0.3) is 0 Å². The van der Waals surface area contributed by atoms with Crippen LogP contribution in [0.15, 0.2) is 18.3 Å². The number of carbonyl (C=O) groups is 1. The van der Waals surface area contributed by atoms with Crippen LogP contribution in [0.5, 0.6) is 0 Å². The zero-order valence-electron chi connectivity index (χ0n) is 8.57. The molecule has 0 radical (unpaired) electrons. The van der Waals surface area contributed by atoms with Gasteiger partial charge in [0.2, 0.25) is 0 Å². The number of nitrogen functional groups attached to an aromatic ring is 1. The molecule has 4 heteroatoms. The van der Waals surface area contributed by atoms with Gasteiger partial charge in [-0.15, -0.1) is 0 Å². The first kappa shape index (κ1) is 9.96. The van der Waals surface area contributed by atoms with Gasteiger partial charge in [0.25, 0.3) is 5.91 Å². The normalized spacial score (nSPS) is 16.5. The standard InChI is InChI=1S/C11H15N3O/c12-9-6-3-7-13-10(9)11(15)14-8-4-1-2-5-8/h3,6-8H,1-2,4-5,12H2,(H,14,15). The van der Waals surface area contributed by atoms with Crippen LogP contribution in [0.3, 0.4) is 0 Å². The summed E-state index contributed by atoms with van der Waals surface area (Å²) in [6.45, 7) is 0. The summed E-state index contributed by atoms with van der Waals surface area (Å²) in [5, 5.41) is 2.95. The molecule has 1 fully saturated rings. The van der Waals surface area contributed by atoms with Gasteiger partial charge in [-0.05, 0) is 25.0 Å². The molecule has 3 N–H and O–H groups in total. The molecule has 15 heavy (non-hydrogen) atoms. The summed E-state index contributed by atoms with van der Waals surface area (Å²) in [7, 11) is 0. The van der Waals surface area contributed by atoms with E-state index in [0.29, 0.717) is 17.4 Å². The molecule has 0 bridgehead atoms. The molecule has 0 saturated heterocycles. The quantitative estimate of drug-likeness (QED) is 0.765.